The van der Waals surface area contributed by atoms with Gasteiger partial charge in [-0.15, -0.1) is 0 Å². The maximum absolute atomic E-state index is 5.43. The molecule has 0 spiro atoms. The van der Waals surface area contributed by atoms with E-state index in [1.54, 1.807) is 28.4 Å². The molecule has 4 heteroatoms. The van der Waals surface area contributed by atoms with E-state index in [0.717, 1.165) is 16.7 Å². The molecule has 0 aliphatic carbocycles. The first-order valence-electron chi connectivity index (χ1n) is 7.96. The molecular formula is C21H24O4. The van der Waals surface area contributed by atoms with Crippen molar-refractivity contribution >= 4 is 5.57 Å². The molecule has 2 aromatic rings. The molecule has 0 radical (unpaired) electrons. The average molecular weight is 340 g/mol. The third kappa shape index (κ3) is 4.15. The number of ether oxygens (including phenoxy) is 4. The van der Waals surface area contributed by atoms with Gasteiger partial charge < -0.3 is 18.9 Å². The van der Waals surface area contributed by atoms with Crippen molar-refractivity contribution in [2.45, 2.75) is 6.92 Å². The van der Waals surface area contributed by atoms with Crippen LogP contribution >= 0.6 is 0 Å². The van der Waals surface area contributed by atoms with E-state index in [2.05, 4.69) is 6.08 Å². The summed E-state index contributed by atoms with van der Waals surface area (Å²) in [5.41, 5.74) is 3.07. The van der Waals surface area contributed by atoms with Crippen LogP contribution in [0.2, 0.25) is 0 Å². The van der Waals surface area contributed by atoms with Crippen molar-refractivity contribution in [2.75, 3.05) is 28.4 Å². The third-order valence-electron chi connectivity index (χ3n) is 3.84. The zero-order valence-electron chi connectivity index (χ0n) is 15.3. The van der Waals surface area contributed by atoms with Gasteiger partial charge in [-0.2, -0.15) is 0 Å². The van der Waals surface area contributed by atoms with Gasteiger partial charge in [-0.25, -0.2) is 0 Å². The fourth-order valence-electron chi connectivity index (χ4n) is 2.56. The smallest absolute Gasteiger partial charge is 0.161 e. The molecule has 0 bridgehead atoms. The highest BCUT2D eigenvalue weighted by atomic mass is 16.5. The molecule has 2 aromatic carbocycles. The Labute approximate surface area is 149 Å². The molecule has 2 rings (SSSR count). The largest absolute Gasteiger partial charge is 0.493 e. The predicted octanol–water partition coefficient (Wildman–Crippen LogP) is 4.73. The highest BCUT2D eigenvalue weighted by Gasteiger charge is 2.12. The normalized spacial score (nSPS) is 10.4. The second-order valence-corrected chi connectivity index (χ2v) is 5.25. The molecule has 0 saturated carbocycles. The van der Waals surface area contributed by atoms with Gasteiger partial charge >= 0.3 is 0 Å². The molecule has 0 aromatic heterocycles. The fraction of sp³-hybridized carbons (Fsp3) is 0.238. The SMILES string of the molecule is C/C=C/C=C(c1ccc(OC)c(OC)c1)c1ccc(OC)c(OC)c1. The first kappa shape index (κ1) is 18.5. The van der Waals surface area contributed by atoms with Crippen LogP contribution in [-0.2, 0) is 0 Å². The summed E-state index contributed by atoms with van der Waals surface area (Å²) < 4.78 is 21.5. The molecule has 0 aliphatic heterocycles. The molecule has 0 N–H and O–H groups in total. The van der Waals surface area contributed by atoms with E-state index in [1.165, 1.54) is 0 Å². The van der Waals surface area contributed by atoms with E-state index in [-0.39, 0.29) is 0 Å². The van der Waals surface area contributed by atoms with Crippen molar-refractivity contribution in [3.05, 3.63) is 65.8 Å². The summed E-state index contributed by atoms with van der Waals surface area (Å²) in [7, 11) is 6.52. The molecule has 0 saturated heterocycles. The lowest BCUT2D eigenvalue weighted by Gasteiger charge is -2.14. The van der Waals surface area contributed by atoms with Gasteiger partial charge in [-0.1, -0.05) is 30.4 Å². The van der Waals surface area contributed by atoms with E-state index in [9.17, 15) is 0 Å². The van der Waals surface area contributed by atoms with E-state index < -0.39 is 0 Å². The molecule has 0 aliphatic rings. The maximum atomic E-state index is 5.43. The van der Waals surface area contributed by atoms with Crippen LogP contribution < -0.4 is 18.9 Å². The standard InChI is InChI=1S/C21H24O4/c1-6-7-8-17(15-9-11-18(22-2)20(13-15)24-4)16-10-12-19(23-3)21(14-16)25-5/h6-14H,1-5H3/b7-6+. The van der Waals surface area contributed by atoms with Gasteiger partial charge in [0.15, 0.2) is 23.0 Å². The van der Waals surface area contributed by atoms with Crippen LogP contribution in [0.3, 0.4) is 0 Å². The van der Waals surface area contributed by atoms with Crippen LogP contribution in [0.5, 0.6) is 23.0 Å². The van der Waals surface area contributed by atoms with Crippen molar-refractivity contribution in [3.63, 3.8) is 0 Å². The molecule has 0 atom stereocenters. The van der Waals surface area contributed by atoms with Crippen molar-refractivity contribution in [3.8, 4) is 23.0 Å². The quantitative estimate of drug-likeness (QED) is 0.683. The van der Waals surface area contributed by atoms with Crippen LogP contribution in [0.25, 0.3) is 5.57 Å². The van der Waals surface area contributed by atoms with Crippen molar-refractivity contribution < 1.29 is 18.9 Å². The second kappa shape index (κ2) is 8.83. The van der Waals surface area contributed by atoms with Gasteiger partial charge in [0.05, 0.1) is 28.4 Å². The summed E-state index contributed by atoms with van der Waals surface area (Å²) in [6.45, 7) is 1.98. The molecule has 25 heavy (non-hydrogen) atoms. The van der Waals surface area contributed by atoms with Crippen LogP contribution in [0.1, 0.15) is 18.1 Å². The zero-order valence-corrected chi connectivity index (χ0v) is 15.3. The third-order valence-corrected chi connectivity index (χ3v) is 3.84. The first-order valence-corrected chi connectivity index (χ1v) is 7.96. The molecule has 4 nitrogen and oxygen atoms in total. The molecule has 0 heterocycles. The maximum Gasteiger partial charge on any atom is 0.161 e. The zero-order chi connectivity index (χ0) is 18.2. The van der Waals surface area contributed by atoms with Gasteiger partial charge in [0.25, 0.3) is 0 Å². The minimum absolute atomic E-state index is 0.687. The van der Waals surface area contributed by atoms with Gasteiger partial charge in [0, 0.05) is 0 Å². The van der Waals surface area contributed by atoms with Gasteiger partial charge in [-0.3, -0.25) is 0 Å². The Morgan fingerprint density at radius 3 is 1.48 bits per heavy atom. The molecule has 132 valence electrons. The number of hydrogen-bond acceptors (Lipinski definition) is 4. The van der Waals surface area contributed by atoms with Gasteiger partial charge in [0.1, 0.15) is 0 Å². The molecule has 0 amide bonds. The highest BCUT2D eigenvalue weighted by molar-refractivity contribution is 5.82. The number of allylic oxidation sites excluding steroid dienone is 3. The van der Waals surface area contributed by atoms with Crippen molar-refractivity contribution in [1.29, 1.82) is 0 Å². The summed E-state index contributed by atoms with van der Waals surface area (Å²) in [4.78, 5) is 0. The van der Waals surface area contributed by atoms with E-state index in [0.29, 0.717) is 23.0 Å². The Kier molecular flexibility index (Phi) is 6.52. The lowest BCUT2D eigenvalue weighted by Crippen LogP contribution is -1.95. The molecular weight excluding hydrogens is 316 g/mol. The Hall–Kier alpha value is -2.88. The van der Waals surface area contributed by atoms with E-state index >= 15 is 0 Å². The lowest BCUT2D eigenvalue weighted by atomic mass is 9.96. The monoisotopic (exact) mass is 340 g/mol. The molecule has 0 unspecified atom stereocenters. The summed E-state index contributed by atoms with van der Waals surface area (Å²) in [6, 6.07) is 11.7. The minimum atomic E-state index is 0.687. The summed E-state index contributed by atoms with van der Waals surface area (Å²) in [6.07, 6.45) is 6.05. The number of benzene rings is 2. The van der Waals surface area contributed by atoms with Crippen LogP contribution in [0, 0.1) is 0 Å². The summed E-state index contributed by atoms with van der Waals surface area (Å²) in [5.74, 6) is 2.77. The lowest BCUT2D eigenvalue weighted by molar-refractivity contribution is 0.354. The summed E-state index contributed by atoms with van der Waals surface area (Å²) >= 11 is 0. The number of methoxy groups -OCH3 is 4. The Morgan fingerprint density at radius 2 is 1.12 bits per heavy atom. The van der Waals surface area contributed by atoms with Crippen molar-refractivity contribution in [1.82, 2.24) is 0 Å². The fourth-order valence-corrected chi connectivity index (χ4v) is 2.56. The summed E-state index contributed by atoms with van der Waals surface area (Å²) in [5, 5.41) is 0. The number of rotatable bonds is 7. The molecule has 0 fully saturated rings. The Morgan fingerprint density at radius 1 is 0.680 bits per heavy atom. The minimum Gasteiger partial charge on any atom is -0.493 e. The van der Waals surface area contributed by atoms with Gasteiger partial charge in [-0.05, 0) is 47.9 Å². The highest BCUT2D eigenvalue weighted by Crippen LogP contribution is 2.36. The Bertz CT molecular complexity index is 718. The topological polar surface area (TPSA) is 36.9 Å². The first-order chi connectivity index (χ1) is 12.2. The number of hydrogen-bond donors (Lipinski definition) is 0. The average Bonchev–Trinajstić information content (AvgIpc) is 2.67. The van der Waals surface area contributed by atoms with E-state index in [4.69, 9.17) is 18.9 Å². The predicted molar refractivity (Wildman–Crippen MR) is 101 cm³/mol. The second-order valence-electron chi connectivity index (χ2n) is 5.25. The van der Waals surface area contributed by atoms with Crippen LogP contribution in [0.15, 0.2) is 54.6 Å². The van der Waals surface area contributed by atoms with Crippen LogP contribution in [-0.4, -0.2) is 28.4 Å². The van der Waals surface area contributed by atoms with Gasteiger partial charge in [0.2, 0.25) is 0 Å². The Balaban J connectivity index is 2.58. The van der Waals surface area contributed by atoms with E-state index in [1.807, 2.05) is 55.5 Å². The van der Waals surface area contributed by atoms with Crippen molar-refractivity contribution in [2.24, 2.45) is 0 Å². The van der Waals surface area contributed by atoms with Crippen LogP contribution in [0.4, 0.5) is 0 Å².